The summed E-state index contributed by atoms with van der Waals surface area (Å²) in [5.41, 5.74) is 3.74. The lowest BCUT2D eigenvalue weighted by atomic mass is 9.96. The van der Waals surface area contributed by atoms with E-state index in [9.17, 15) is 13.7 Å². The molecule has 0 fully saturated rings. The Bertz CT molecular complexity index is 1060. The molecule has 0 aliphatic rings. The zero-order valence-corrected chi connectivity index (χ0v) is 15.0. The molecule has 26 heavy (non-hydrogen) atoms. The number of aryl methyl sites for hydroxylation is 1. The van der Waals surface area contributed by atoms with Crippen molar-refractivity contribution >= 4 is 10.1 Å². The van der Waals surface area contributed by atoms with Gasteiger partial charge in [-0.05, 0) is 41.8 Å². The monoisotopic (exact) mass is 363 g/mol. The number of benzene rings is 3. The number of nitrogens with zero attached hydrogens (tertiary/aromatic N) is 1. The van der Waals surface area contributed by atoms with Crippen molar-refractivity contribution < 1.29 is 12.6 Å². The summed E-state index contributed by atoms with van der Waals surface area (Å²) < 4.78 is 30.1. The smallest absolute Gasteiger partial charge is 0.262 e. The maximum absolute atomic E-state index is 12.4. The number of hydrogen-bond acceptors (Lipinski definition) is 4. The minimum Gasteiger partial charge on any atom is -0.262 e. The summed E-state index contributed by atoms with van der Waals surface area (Å²) in [6, 6.07) is 23.2. The first-order valence-corrected chi connectivity index (χ1v) is 9.45. The van der Waals surface area contributed by atoms with Crippen LogP contribution < -0.4 is 0 Å². The minimum atomic E-state index is -3.85. The van der Waals surface area contributed by atoms with Gasteiger partial charge in [0.2, 0.25) is 0 Å². The zero-order chi connectivity index (χ0) is 18.6. The van der Waals surface area contributed by atoms with Crippen LogP contribution in [0.1, 0.15) is 16.7 Å². The van der Waals surface area contributed by atoms with E-state index in [0.29, 0.717) is 11.1 Å². The van der Waals surface area contributed by atoms with Gasteiger partial charge in [-0.1, -0.05) is 60.2 Å². The lowest BCUT2D eigenvalue weighted by molar-refractivity contribution is 0.308. The van der Waals surface area contributed by atoms with Gasteiger partial charge in [-0.25, -0.2) is 0 Å². The van der Waals surface area contributed by atoms with E-state index in [2.05, 4.69) is 6.07 Å². The molecule has 3 aromatic rings. The third kappa shape index (κ3) is 3.83. The van der Waals surface area contributed by atoms with Crippen LogP contribution in [0.25, 0.3) is 11.1 Å². The normalized spacial score (nSPS) is 11.1. The quantitative estimate of drug-likeness (QED) is 0.629. The predicted octanol–water partition coefficient (Wildman–Crippen LogP) is 4.44. The molecule has 0 saturated heterocycles. The second kappa shape index (κ2) is 7.52. The molecule has 5 heteroatoms. The van der Waals surface area contributed by atoms with Crippen molar-refractivity contribution in [2.45, 2.75) is 18.4 Å². The van der Waals surface area contributed by atoms with Gasteiger partial charge in [0.25, 0.3) is 10.1 Å². The van der Waals surface area contributed by atoms with Gasteiger partial charge >= 0.3 is 0 Å². The molecule has 0 aliphatic heterocycles. The van der Waals surface area contributed by atoms with E-state index in [1.54, 1.807) is 30.3 Å². The van der Waals surface area contributed by atoms with E-state index in [1.165, 1.54) is 12.1 Å². The molecule has 3 aromatic carbocycles. The van der Waals surface area contributed by atoms with Crippen LogP contribution in [-0.4, -0.2) is 8.42 Å². The molecule has 0 radical (unpaired) electrons. The summed E-state index contributed by atoms with van der Waals surface area (Å²) in [4.78, 5) is 0.123. The molecule has 0 bridgehead atoms. The van der Waals surface area contributed by atoms with Gasteiger partial charge in [-0.3, -0.25) is 4.18 Å². The first-order valence-electron chi connectivity index (χ1n) is 8.05. The molecule has 130 valence electrons. The van der Waals surface area contributed by atoms with Crippen molar-refractivity contribution in [3.8, 4) is 17.2 Å². The van der Waals surface area contributed by atoms with Crippen LogP contribution in [0.15, 0.2) is 77.7 Å². The van der Waals surface area contributed by atoms with Crippen molar-refractivity contribution in [2.75, 3.05) is 0 Å². The standard InChI is InChI=1S/C21H17NO3S/c1-16-10-12-19(13-11-16)26(23,24)25-15-18-7-3-5-9-21(18)20-8-4-2-6-17(20)14-22/h2-13H,15H2,1H3. The van der Waals surface area contributed by atoms with E-state index >= 15 is 0 Å². The van der Waals surface area contributed by atoms with Crippen LogP contribution in [0.5, 0.6) is 0 Å². The summed E-state index contributed by atoms with van der Waals surface area (Å²) in [6.07, 6.45) is 0. The molecule has 0 aliphatic carbocycles. The highest BCUT2D eigenvalue weighted by molar-refractivity contribution is 7.86. The number of hydrogen-bond donors (Lipinski definition) is 0. The van der Waals surface area contributed by atoms with Gasteiger partial charge in [0.05, 0.1) is 23.1 Å². The Morgan fingerprint density at radius 2 is 1.50 bits per heavy atom. The maximum atomic E-state index is 12.4. The summed E-state index contributed by atoms with van der Waals surface area (Å²) >= 11 is 0. The SMILES string of the molecule is Cc1ccc(S(=O)(=O)OCc2ccccc2-c2ccccc2C#N)cc1. The average molecular weight is 363 g/mol. The molecule has 0 atom stereocenters. The Balaban J connectivity index is 1.90. The van der Waals surface area contributed by atoms with Crippen molar-refractivity contribution in [3.05, 3.63) is 89.5 Å². The molecule has 0 amide bonds. The van der Waals surface area contributed by atoms with Gasteiger partial charge in [0.1, 0.15) is 0 Å². The van der Waals surface area contributed by atoms with E-state index in [-0.39, 0.29) is 11.5 Å². The predicted molar refractivity (Wildman–Crippen MR) is 99.7 cm³/mol. The van der Waals surface area contributed by atoms with Gasteiger partial charge in [0.15, 0.2) is 0 Å². The fraction of sp³-hybridized carbons (Fsp3) is 0.0952. The average Bonchev–Trinajstić information content (AvgIpc) is 2.67. The second-order valence-electron chi connectivity index (χ2n) is 5.84. The molecule has 0 saturated carbocycles. The van der Waals surface area contributed by atoms with Crippen molar-refractivity contribution in [3.63, 3.8) is 0 Å². The van der Waals surface area contributed by atoms with Crippen LogP contribution in [0.2, 0.25) is 0 Å². The molecule has 4 nitrogen and oxygen atoms in total. The number of nitriles is 1. The largest absolute Gasteiger partial charge is 0.297 e. The maximum Gasteiger partial charge on any atom is 0.297 e. The van der Waals surface area contributed by atoms with Gasteiger partial charge < -0.3 is 0 Å². The Morgan fingerprint density at radius 3 is 2.19 bits per heavy atom. The van der Waals surface area contributed by atoms with Gasteiger partial charge in [-0.2, -0.15) is 13.7 Å². The Morgan fingerprint density at radius 1 is 0.885 bits per heavy atom. The first-order chi connectivity index (χ1) is 12.5. The number of rotatable bonds is 5. The molecule has 0 N–H and O–H groups in total. The molecular formula is C21H17NO3S. The van der Waals surface area contributed by atoms with Crippen LogP contribution in [-0.2, 0) is 20.9 Å². The Hall–Kier alpha value is -2.94. The first kappa shape index (κ1) is 17.9. The lowest BCUT2D eigenvalue weighted by Gasteiger charge is -2.12. The summed E-state index contributed by atoms with van der Waals surface area (Å²) in [6.45, 7) is 1.78. The second-order valence-corrected chi connectivity index (χ2v) is 7.46. The molecule has 0 aromatic heterocycles. The van der Waals surface area contributed by atoms with Gasteiger partial charge in [0, 0.05) is 0 Å². The zero-order valence-electron chi connectivity index (χ0n) is 14.2. The van der Waals surface area contributed by atoms with E-state index < -0.39 is 10.1 Å². The van der Waals surface area contributed by atoms with Gasteiger partial charge in [-0.15, -0.1) is 0 Å². The van der Waals surface area contributed by atoms with Crippen LogP contribution >= 0.6 is 0 Å². The fourth-order valence-electron chi connectivity index (χ4n) is 2.64. The van der Waals surface area contributed by atoms with Crippen molar-refractivity contribution in [1.29, 1.82) is 5.26 Å². The van der Waals surface area contributed by atoms with E-state index in [4.69, 9.17) is 4.18 Å². The van der Waals surface area contributed by atoms with Crippen LogP contribution in [0.4, 0.5) is 0 Å². The highest BCUT2D eigenvalue weighted by Gasteiger charge is 2.17. The molecular weight excluding hydrogens is 346 g/mol. The third-order valence-corrected chi connectivity index (χ3v) is 5.31. The molecule has 0 heterocycles. The molecule has 0 unspecified atom stereocenters. The van der Waals surface area contributed by atoms with Crippen molar-refractivity contribution in [1.82, 2.24) is 0 Å². The Labute approximate surface area is 153 Å². The highest BCUT2D eigenvalue weighted by atomic mass is 32.2. The van der Waals surface area contributed by atoms with Crippen LogP contribution in [0, 0.1) is 18.3 Å². The van der Waals surface area contributed by atoms with Crippen molar-refractivity contribution in [2.24, 2.45) is 0 Å². The summed E-state index contributed by atoms with van der Waals surface area (Å²) in [5, 5.41) is 9.32. The highest BCUT2D eigenvalue weighted by Crippen LogP contribution is 2.28. The minimum absolute atomic E-state index is 0.105. The fourth-order valence-corrected chi connectivity index (χ4v) is 3.53. The summed E-state index contributed by atoms with van der Waals surface area (Å²) in [7, 11) is -3.85. The third-order valence-electron chi connectivity index (χ3n) is 4.03. The molecule has 3 rings (SSSR count). The molecule has 0 spiro atoms. The lowest BCUT2D eigenvalue weighted by Crippen LogP contribution is -2.07. The van der Waals surface area contributed by atoms with E-state index in [0.717, 1.165) is 16.7 Å². The van der Waals surface area contributed by atoms with E-state index in [1.807, 2.05) is 37.3 Å². The Kier molecular flexibility index (Phi) is 5.17. The topological polar surface area (TPSA) is 67.2 Å². The summed E-state index contributed by atoms with van der Waals surface area (Å²) in [5.74, 6) is 0. The van der Waals surface area contributed by atoms with Crippen LogP contribution in [0.3, 0.4) is 0 Å².